The monoisotopic (exact) mass is 227 g/mol. The lowest BCUT2D eigenvalue weighted by molar-refractivity contribution is -0.00794. The zero-order valence-corrected chi connectivity index (χ0v) is 10.1. The van der Waals surface area contributed by atoms with Crippen molar-refractivity contribution in [2.45, 2.75) is 69.6 Å². The second kappa shape index (κ2) is 5.99. The molecule has 3 nitrogen and oxygen atoms in total. The third-order valence-electron chi connectivity index (χ3n) is 4.27. The Hall–Kier alpha value is -0.120. The van der Waals surface area contributed by atoms with Gasteiger partial charge in [0.1, 0.15) is 0 Å². The van der Waals surface area contributed by atoms with Gasteiger partial charge in [0.25, 0.3) is 0 Å². The topological polar surface area (TPSA) is 43.7 Å². The van der Waals surface area contributed by atoms with Crippen LogP contribution in [0.25, 0.3) is 0 Å². The Kier molecular flexibility index (Phi) is 4.62. The smallest absolute Gasteiger partial charge is 0.0695 e. The van der Waals surface area contributed by atoms with E-state index in [1.165, 1.54) is 32.1 Å². The number of hydrogen-bond donors (Lipinski definition) is 2. The van der Waals surface area contributed by atoms with Crippen molar-refractivity contribution in [1.82, 2.24) is 4.90 Å². The fraction of sp³-hybridized carbons (Fsp3) is 1.00. The van der Waals surface area contributed by atoms with E-state index in [0.29, 0.717) is 12.1 Å². The molecule has 0 heterocycles. The van der Waals surface area contributed by atoms with E-state index in [1.54, 1.807) is 0 Å². The van der Waals surface area contributed by atoms with Gasteiger partial charge in [-0.1, -0.05) is 25.7 Å². The predicted molar refractivity (Wildman–Crippen MR) is 64.3 cm³/mol. The number of nitrogens with zero attached hydrogens (tertiary/aromatic N) is 1. The highest BCUT2D eigenvalue weighted by Gasteiger charge is 2.33. The van der Waals surface area contributed by atoms with Crippen molar-refractivity contribution in [3.05, 3.63) is 0 Å². The average molecular weight is 227 g/mol. The maximum absolute atomic E-state index is 10.1. The molecule has 3 heteroatoms. The molecule has 94 valence electrons. The fourth-order valence-corrected chi connectivity index (χ4v) is 3.45. The summed E-state index contributed by atoms with van der Waals surface area (Å²) >= 11 is 0. The summed E-state index contributed by atoms with van der Waals surface area (Å²) < 4.78 is 0. The number of hydrogen-bond acceptors (Lipinski definition) is 3. The second-order valence-electron chi connectivity index (χ2n) is 5.32. The van der Waals surface area contributed by atoms with Crippen molar-refractivity contribution in [3.8, 4) is 0 Å². The largest absolute Gasteiger partial charge is 0.395 e. The third kappa shape index (κ3) is 2.76. The molecule has 0 bridgehead atoms. The van der Waals surface area contributed by atoms with Crippen LogP contribution in [0.3, 0.4) is 0 Å². The summed E-state index contributed by atoms with van der Waals surface area (Å²) in [6.07, 6.45) is 9.42. The van der Waals surface area contributed by atoms with Gasteiger partial charge in [-0.05, 0) is 25.7 Å². The summed E-state index contributed by atoms with van der Waals surface area (Å²) in [5.41, 5.74) is 0. The highest BCUT2D eigenvalue weighted by molar-refractivity contribution is 4.88. The molecule has 0 amide bonds. The lowest BCUT2D eigenvalue weighted by Gasteiger charge is -2.41. The zero-order chi connectivity index (χ0) is 11.4. The van der Waals surface area contributed by atoms with E-state index < -0.39 is 0 Å². The van der Waals surface area contributed by atoms with Gasteiger partial charge in [-0.25, -0.2) is 0 Å². The second-order valence-corrected chi connectivity index (χ2v) is 5.32. The maximum atomic E-state index is 10.1. The third-order valence-corrected chi connectivity index (χ3v) is 4.27. The average Bonchev–Trinajstić information content (AvgIpc) is 2.80. The highest BCUT2D eigenvalue weighted by atomic mass is 16.3. The van der Waals surface area contributed by atoms with E-state index in [9.17, 15) is 10.2 Å². The molecule has 0 aromatic carbocycles. The van der Waals surface area contributed by atoms with Crippen LogP contribution in [-0.2, 0) is 0 Å². The Morgan fingerprint density at radius 1 is 0.938 bits per heavy atom. The van der Waals surface area contributed by atoms with Gasteiger partial charge < -0.3 is 10.2 Å². The van der Waals surface area contributed by atoms with Gasteiger partial charge in [-0.3, -0.25) is 4.90 Å². The minimum Gasteiger partial charge on any atom is -0.395 e. The van der Waals surface area contributed by atoms with Crippen LogP contribution in [0.15, 0.2) is 0 Å². The van der Waals surface area contributed by atoms with Crippen molar-refractivity contribution in [2.75, 3.05) is 13.2 Å². The van der Waals surface area contributed by atoms with Gasteiger partial charge in [0.2, 0.25) is 0 Å². The molecule has 2 saturated carbocycles. The van der Waals surface area contributed by atoms with Gasteiger partial charge in [-0.2, -0.15) is 0 Å². The first kappa shape index (κ1) is 12.3. The van der Waals surface area contributed by atoms with E-state index in [2.05, 4.69) is 4.90 Å². The van der Waals surface area contributed by atoms with Crippen molar-refractivity contribution in [2.24, 2.45) is 0 Å². The Bertz CT molecular complexity index is 204. The van der Waals surface area contributed by atoms with E-state index in [0.717, 1.165) is 25.8 Å². The molecule has 0 aromatic heterocycles. The van der Waals surface area contributed by atoms with Gasteiger partial charge >= 0.3 is 0 Å². The van der Waals surface area contributed by atoms with Crippen molar-refractivity contribution in [3.63, 3.8) is 0 Å². The van der Waals surface area contributed by atoms with Gasteiger partial charge in [0.05, 0.1) is 12.7 Å². The van der Waals surface area contributed by atoms with Gasteiger partial charge in [-0.15, -0.1) is 0 Å². The molecule has 2 aliphatic carbocycles. The normalized spacial score (nSPS) is 32.4. The van der Waals surface area contributed by atoms with Crippen LogP contribution >= 0.6 is 0 Å². The van der Waals surface area contributed by atoms with Crippen LogP contribution in [-0.4, -0.2) is 46.5 Å². The van der Waals surface area contributed by atoms with Crippen LogP contribution < -0.4 is 0 Å². The molecule has 2 fully saturated rings. The SMILES string of the molecule is OCCN(C1CCCC1)[C@H]1CCCC[C@@H]1O. The first-order valence-corrected chi connectivity index (χ1v) is 6.87. The summed E-state index contributed by atoms with van der Waals surface area (Å²) in [7, 11) is 0. The van der Waals surface area contributed by atoms with Gasteiger partial charge in [0, 0.05) is 18.6 Å². The summed E-state index contributed by atoms with van der Waals surface area (Å²) in [5.74, 6) is 0. The molecule has 2 rings (SSSR count). The highest BCUT2D eigenvalue weighted by Crippen LogP contribution is 2.30. The lowest BCUT2D eigenvalue weighted by atomic mass is 9.90. The number of rotatable bonds is 4. The van der Waals surface area contributed by atoms with Crippen LogP contribution in [0, 0.1) is 0 Å². The van der Waals surface area contributed by atoms with E-state index in [4.69, 9.17) is 0 Å². The molecular formula is C13H25NO2. The van der Waals surface area contributed by atoms with Gasteiger partial charge in [0.15, 0.2) is 0 Å². The minimum atomic E-state index is -0.166. The minimum absolute atomic E-state index is 0.166. The summed E-state index contributed by atoms with van der Waals surface area (Å²) in [4.78, 5) is 2.40. The van der Waals surface area contributed by atoms with Crippen LogP contribution in [0.5, 0.6) is 0 Å². The van der Waals surface area contributed by atoms with Crippen LogP contribution in [0.1, 0.15) is 51.4 Å². The molecule has 16 heavy (non-hydrogen) atoms. The van der Waals surface area contributed by atoms with Crippen LogP contribution in [0.2, 0.25) is 0 Å². The van der Waals surface area contributed by atoms with E-state index in [1.807, 2.05) is 0 Å². The molecule has 0 radical (unpaired) electrons. The maximum Gasteiger partial charge on any atom is 0.0695 e. The fourth-order valence-electron chi connectivity index (χ4n) is 3.45. The molecule has 2 aliphatic rings. The molecule has 0 aliphatic heterocycles. The molecule has 0 unspecified atom stereocenters. The molecular weight excluding hydrogens is 202 g/mol. The molecule has 2 N–H and O–H groups in total. The molecule has 0 saturated heterocycles. The number of aliphatic hydroxyl groups excluding tert-OH is 2. The predicted octanol–water partition coefficient (Wildman–Crippen LogP) is 1.53. The van der Waals surface area contributed by atoms with E-state index in [-0.39, 0.29) is 12.7 Å². The Morgan fingerprint density at radius 2 is 1.56 bits per heavy atom. The standard InChI is InChI=1S/C13H25NO2/c15-10-9-14(11-5-1-2-6-11)12-7-3-4-8-13(12)16/h11-13,15-16H,1-10H2/t12-,13-/m0/s1. The Balaban J connectivity index is 1.98. The summed E-state index contributed by atoms with van der Waals surface area (Å²) in [6, 6.07) is 0.925. The molecule has 0 spiro atoms. The van der Waals surface area contributed by atoms with Crippen LogP contribution in [0.4, 0.5) is 0 Å². The van der Waals surface area contributed by atoms with Crippen molar-refractivity contribution in [1.29, 1.82) is 0 Å². The Morgan fingerprint density at radius 3 is 2.19 bits per heavy atom. The van der Waals surface area contributed by atoms with Crippen molar-refractivity contribution >= 4 is 0 Å². The zero-order valence-electron chi connectivity index (χ0n) is 10.1. The number of aliphatic hydroxyl groups is 2. The first-order chi connectivity index (χ1) is 7.83. The van der Waals surface area contributed by atoms with E-state index >= 15 is 0 Å². The molecule has 0 aromatic rings. The first-order valence-electron chi connectivity index (χ1n) is 6.87. The lowest BCUT2D eigenvalue weighted by Crippen LogP contribution is -2.50. The quantitative estimate of drug-likeness (QED) is 0.765. The summed E-state index contributed by atoms with van der Waals surface area (Å²) in [5, 5.41) is 19.3. The summed E-state index contributed by atoms with van der Waals surface area (Å²) in [6.45, 7) is 0.964. The Labute approximate surface area is 98.5 Å². The molecule has 2 atom stereocenters. The van der Waals surface area contributed by atoms with Crippen molar-refractivity contribution < 1.29 is 10.2 Å².